The summed E-state index contributed by atoms with van der Waals surface area (Å²) in [6.07, 6.45) is 0. The molecule has 1 heterocycles. The number of para-hydroxylation sites is 1. The second-order valence-corrected chi connectivity index (χ2v) is 5.90. The van der Waals surface area contributed by atoms with Gasteiger partial charge < -0.3 is 5.11 Å². The number of phenols is 1. The minimum absolute atomic E-state index is 0.202. The van der Waals surface area contributed by atoms with Crippen LogP contribution in [-0.2, 0) is 0 Å². The van der Waals surface area contributed by atoms with Gasteiger partial charge in [0.05, 0.1) is 15.7 Å². The van der Waals surface area contributed by atoms with Crippen LogP contribution >= 0.6 is 27.3 Å². The summed E-state index contributed by atoms with van der Waals surface area (Å²) in [5, 5.41) is 12.5. The molecule has 0 amide bonds. The van der Waals surface area contributed by atoms with E-state index in [4.69, 9.17) is 0 Å². The van der Waals surface area contributed by atoms with E-state index in [0.717, 1.165) is 16.3 Å². The van der Waals surface area contributed by atoms with Gasteiger partial charge in [0, 0.05) is 10.9 Å². The highest BCUT2D eigenvalue weighted by atomic mass is 79.9. The van der Waals surface area contributed by atoms with Crippen LogP contribution in [0.1, 0.15) is 0 Å². The highest BCUT2D eigenvalue weighted by molar-refractivity contribution is 9.10. The fraction of sp³-hybridized carbons (Fsp3) is 0. The lowest BCUT2D eigenvalue weighted by Gasteiger charge is -2.00. The Morgan fingerprint density at radius 3 is 2.70 bits per heavy atom. The summed E-state index contributed by atoms with van der Waals surface area (Å²) in [6, 6.07) is 11.8. The Morgan fingerprint density at radius 1 is 1.15 bits per heavy atom. The molecule has 1 N–H and O–H groups in total. The average Bonchev–Trinajstić information content (AvgIpc) is 2.92. The first-order chi connectivity index (χ1) is 9.65. The zero-order valence-electron chi connectivity index (χ0n) is 10.2. The van der Waals surface area contributed by atoms with E-state index in [1.807, 2.05) is 17.5 Å². The first-order valence-electron chi connectivity index (χ1n) is 5.84. The monoisotopic (exact) mass is 349 g/mol. The van der Waals surface area contributed by atoms with Gasteiger partial charge in [0.25, 0.3) is 0 Å². The molecule has 0 bridgehead atoms. The van der Waals surface area contributed by atoms with Crippen molar-refractivity contribution in [2.24, 2.45) is 0 Å². The Morgan fingerprint density at radius 2 is 1.95 bits per heavy atom. The molecule has 0 saturated carbocycles. The van der Waals surface area contributed by atoms with Crippen LogP contribution in [0.4, 0.5) is 4.39 Å². The molecule has 0 aliphatic carbocycles. The smallest absolute Gasteiger partial charge is 0.137 e. The van der Waals surface area contributed by atoms with Crippen molar-refractivity contribution in [2.75, 3.05) is 0 Å². The van der Waals surface area contributed by atoms with E-state index in [1.165, 1.54) is 17.4 Å². The van der Waals surface area contributed by atoms with Crippen LogP contribution in [-0.4, -0.2) is 10.1 Å². The van der Waals surface area contributed by atoms with Crippen LogP contribution in [0.3, 0.4) is 0 Å². The zero-order chi connectivity index (χ0) is 14.1. The fourth-order valence-electron chi connectivity index (χ4n) is 1.84. The van der Waals surface area contributed by atoms with Crippen molar-refractivity contribution < 1.29 is 9.50 Å². The lowest BCUT2D eigenvalue weighted by Crippen LogP contribution is -1.82. The minimum Gasteiger partial charge on any atom is -0.507 e. The number of thiazole rings is 1. The summed E-state index contributed by atoms with van der Waals surface area (Å²) < 4.78 is 13.6. The van der Waals surface area contributed by atoms with Crippen LogP contribution in [0.25, 0.3) is 21.8 Å². The van der Waals surface area contributed by atoms with Crippen molar-refractivity contribution in [3.05, 3.63) is 58.1 Å². The molecule has 2 aromatic carbocycles. The van der Waals surface area contributed by atoms with E-state index in [9.17, 15) is 9.50 Å². The van der Waals surface area contributed by atoms with Gasteiger partial charge in [-0.25, -0.2) is 9.37 Å². The summed E-state index contributed by atoms with van der Waals surface area (Å²) in [5.41, 5.74) is 2.29. The summed E-state index contributed by atoms with van der Waals surface area (Å²) in [4.78, 5) is 4.50. The maximum absolute atomic E-state index is 13.2. The van der Waals surface area contributed by atoms with Gasteiger partial charge in [0.15, 0.2) is 0 Å². The molecule has 5 heteroatoms. The van der Waals surface area contributed by atoms with E-state index in [2.05, 4.69) is 20.9 Å². The first-order valence-corrected chi connectivity index (χ1v) is 7.52. The number of hydrogen-bond donors (Lipinski definition) is 1. The highest BCUT2D eigenvalue weighted by Gasteiger charge is 2.10. The van der Waals surface area contributed by atoms with Crippen molar-refractivity contribution >= 4 is 27.3 Å². The second-order valence-electron chi connectivity index (χ2n) is 4.18. The van der Waals surface area contributed by atoms with Gasteiger partial charge >= 0.3 is 0 Å². The Labute approximate surface area is 127 Å². The molecule has 3 aromatic rings. The van der Waals surface area contributed by atoms with E-state index in [0.29, 0.717) is 10.0 Å². The van der Waals surface area contributed by atoms with Crippen LogP contribution in [0, 0.1) is 5.82 Å². The summed E-state index contributed by atoms with van der Waals surface area (Å²) in [6.45, 7) is 0. The number of phenolic OH excluding ortho intramolecular Hbond substituents is 1. The Balaban J connectivity index is 2.02. The number of rotatable bonds is 2. The quantitative estimate of drug-likeness (QED) is 0.699. The number of halogens is 2. The van der Waals surface area contributed by atoms with E-state index in [-0.39, 0.29) is 11.6 Å². The third kappa shape index (κ3) is 2.46. The summed E-state index contributed by atoms with van der Waals surface area (Å²) in [7, 11) is 0. The third-order valence-electron chi connectivity index (χ3n) is 2.85. The summed E-state index contributed by atoms with van der Waals surface area (Å²) in [5.74, 6) is -0.0985. The summed E-state index contributed by atoms with van der Waals surface area (Å²) >= 11 is 4.61. The maximum atomic E-state index is 13.2. The number of aromatic hydroxyl groups is 1. The van der Waals surface area contributed by atoms with Gasteiger partial charge in [-0.1, -0.05) is 12.1 Å². The van der Waals surface area contributed by atoms with E-state index in [1.54, 1.807) is 24.3 Å². The van der Waals surface area contributed by atoms with E-state index < -0.39 is 0 Å². The predicted octanol–water partition coefficient (Wildman–Crippen LogP) is 5.08. The maximum Gasteiger partial charge on any atom is 0.137 e. The van der Waals surface area contributed by atoms with Gasteiger partial charge in [-0.2, -0.15) is 0 Å². The molecule has 100 valence electrons. The van der Waals surface area contributed by atoms with Gasteiger partial charge in [-0.15, -0.1) is 11.3 Å². The molecule has 2 nitrogen and oxygen atoms in total. The van der Waals surface area contributed by atoms with Gasteiger partial charge in [-0.3, -0.25) is 0 Å². The van der Waals surface area contributed by atoms with Crippen molar-refractivity contribution in [1.29, 1.82) is 0 Å². The first kappa shape index (κ1) is 13.3. The normalized spacial score (nSPS) is 10.7. The SMILES string of the molecule is Oc1ccccc1-c1nc(-c2ccc(F)c(Br)c2)cs1. The molecule has 3 rings (SSSR count). The third-order valence-corrected chi connectivity index (χ3v) is 4.34. The van der Waals surface area contributed by atoms with Crippen LogP contribution < -0.4 is 0 Å². The van der Waals surface area contributed by atoms with Crippen molar-refractivity contribution in [2.45, 2.75) is 0 Å². The van der Waals surface area contributed by atoms with Crippen LogP contribution in [0.2, 0.25) is 0 Å². The Kier molecular flexibility index (Phi) is 3.54. The largest absolute Gasteiger partial charge is 0.507 e. The van der Waals surface area contributed by atoms with Crippen molar-refractivity contribution in [3.63, 3.8) is 0 Å². The molecule has 0 aliphatic rings. The predicted molar refractivity (Wildman–Crippen MR) is 82.3 cm³/mol. The van der Waals surface area contributed by atoms with Crippen molar-refractivity contribution in [1.82, 2.24) is 4.98 Å². The standard InChI is InChI=1S/C15H9BrFNOS/c16-11-7-9(5-6-12(11)17)13-8-20-15(18-13)10-3-1-2-4-14(10)19/h1-8,19H. The van der Waals surface area contributed by atoms with Gasteiger partial charge in [-0.05, 0) is 46.3 Å². The molecule has 1 aromatic heterocycles. The molecule has 0 fully saturated rings. The molecule has 0 atom stereocenters. The average molecular weight is 350 g/mol. The molecule has 0 aliphatic heterocycles. The lowest BCUT2D eigenvalue weighted by atomic mass is 10.1. The molecule has 0 unspecified atom stereocenters. The fourth-order valence-corrected chi connectivity index (χ4v) is 3.08. The Bertz CT molecular complexity index is 772. The molecular formula is C15H9BrFNOS. The second kappa shape index (κ2) is 5.34. The number of aromatic nitrogens is 1. The number of nitrogens with zero attached hydrogens (tertiary/aromatic N) is 1. The van der Waals surface area contributed by atoms with Gasteiger partial charge in [0.1, 0.15) is 16.6 Å². The van der Waals surface area contributed by atoms with Gasteiger partial charge in [0.2, 0.25) is 0 Å². The van der Waals surface area contributed by atoms with E-state index >= 15 is 0 Å². The minimum atomic E-state index is -0.301. The van der Waals surface area contributed by atoms with Crippen molar-refractivity contribution in [3.8, 4) is 27.6 Å². The number of benzene rings is 2. The molecule has 0 saturated heterocycles. The molecule has 0 radical (unpaired) electrons. The topological polar surface area (TPSA) is 33.1 Å². The Hall–Kier alpha value is -1.72. The van der Waals surface area contributed by atoms with Crippen LogP contribution in [0.15, 0.2) is 52.3 Å². The zero-order valence-corrected chi connectivity index (χ0v) is 12.6. The van der Waals surface area contributed by atoms with Crippen LogP contribution in [0.5, 0.6) is 5.75 Å². The molecular weight excluding hydrogens is 341 g/mol. The lowest BCUT2D eigenvalue weighted by molar-refractivity contribution is 0.477. The highest BCUT2D eigenvalue weighted by Crippen LogP contribution is 2.34. The number of hydrogen-bond acceptors (Lipinski definition) is 3. The molecule has 0 spiro atoms. The molecule has 20 heavy (non-hydrogen) atoms.